The minimum atomic E-state index is -3.02. The molecule has 3 aromatic carbocycles. The molecule has 146 valence electrons. The lowest BCUT2D eigenvalue weighted by Gasteiger charge is -2.30. The smallest absolute Gasteiger partial charge is 0.370 e. The summed E-state index contributed by atoms with van der Waals surface area (Å²) in [7, 11) is -3.02. The van der Waals surface area contributed by atoms with Crippen LogP contribution in [-0.2, 0) is 13.3 Å². The van der Waals surface area contributed by atoms with Gasteiger partial charge in [-0.25, -0.2) is 0 Å². The second-order valence-electron chi connectivity index (χ2n) is 6.31. The number of hydrogen-bond donors (Lipinski definition) is 0. The third-order valence-electron chi connectivity index (χ3n) is 4.56. The summed E-state index contributed by atoms with van der Waals surface area (Å²) in [6, 6.07) is 27.2. The fourth-order valence-corrected chi connectivity index (χ4v) is 6.21. The molecule has 3 rings (SSSR count). The highest BCUT2D eigenvalue weighted by molar-refractivity contribution is 6.76. The highest BCUT2D eigenvalue weighted by Crippen LogP contribution is 2.32. The van der Waals surface area contributed by atoms with E-state index >= 15 is 0 Å². The maximum absolute atomic E-state index is 6.20. The average Bonchev–Trinajstić information content (AvgIpc) is 2.75. The highest BCUT2D eigenvalue weighted by Gasteiger charge is 2.45. The number of hydrogen-bond acceptors (Lipinski definition) is 3. The van der Waals surface area contributed by atoms with Crippen LogP contribution >= 0.6 is 0 Å². The molecule has 3 nitrogen and oxygen atoms in total. The van der Waals surface area contributed by atoms with Crippen molar-refractivity contribution in [3.63, 3.8) is 0 Å². The van der Waals surface area contributed by atoms with Crippen molar-refractivity contribution in [2.45, 2.75) is 20.8 Å². The Morgan fingerprint density at radius 1 is 0.536 bits per heavy atom. The summed E-state index contributed by atoms with van der Waals surface area (Å²) < 4.78 is 18.6. The predicted molar refractivity (Wildman–Crippen MR) is 118 cm³/mol. The Hall–Kier alpha value is -2.24. The zero-order valence-electron chi connectivity index (χ0n) is 16.9. The maximum atomic E-state index is 6.20. The van der Waals surface area contributed by atoms with Crippen LogP contribution in [0.2, 0.25) is 0 Å². The predicted octanol–water partition coefficient (Wildman–Crippen LogP) is 5.28. The Kier molecular flexibility index (Phi) is 7.17. The van der Waals surface area contributed by atoms with E-state index in [1.54, 1.807) is 0 Å². The van der Waals surface area contributed by atoms with E-state index in [1.807, 2.05) is 32.9 Å². The van der Waals surface area contributed by atoms with E-state index in [9.17, 15) is 0 Å². The average molecular weight is 393 g/mol. The zero-order chi connectivity index (χ0) is 19.8. The Balaban J connectivity index is 2.21. The van der Waals surface area contributed by atoms with Crippen molar-refractivity contribution in [3.8, 4) is 22.3 Å². The molecular formula is C24H28O3Si. The molecule has 0 N–H and O–H groups in total. The molecule has 0 spiro atoms. The molecule has 0 aromatic heterocycles. The van der Waals surface area contributed by atoms with Crippen LogP contribution in [-0.4, -0.2) is 28.6 Å². The summed E-state index contributed by atoms with van der Waals surface area (Å²) in [4.78, 5) is 0. The molecule has 3 aromatic rings. The van der Waals surface area contributed by atoms with Gasteiger partial charge in [-0.05, 0) is 43.0 Å². The first-order valence-corrected chi connectivity index (χ1v) is 11.6. The van der Waals surface area contributed by atoms with Crippen molar-refractivity contribution in [2.24, 2.45) is 0 Å². The summed E-state index contributed by atoms with van der Waals surface area (Å²) in [6.45, 7) is 7.59. The molecule has 0 bridgehead atoms. The van der Waals surface area contributed by atoms with Crippen molar-refractivity contribution in [1.82, 2.24) is 0 Å². The standard InChI is InChI=1S/C24H28O3Si/c1-4-25-28(26-5-2,27-6-3)24-19-13-12-18-23(24)22-17-11-10-16-21(22)20-14-8-7-9-15-20/h7-19H,4-6H2,1-3H3. The molecule has 28 heavy (non-hydrogen) atoms. The Morgan fingerprint density at radius 3 is 1.57 bits per heavy atom. The van der Waals surface area contributed by atoms with Gasteiger partial charge in [-0.2, -0.15) is 0 Å². The number of rotatable bonds is 9. The van der Waals surface area contributed by atoms with Crippen LogP contribution in [0.1, 0.15) is 20.8 Å². The van der Waals surface area contributed by atoms with Gasteiger partial charge in [0.15, 0.2) is 0 Å². The van der Waals surface area contributed by atoms with Gasteiger partial charge in [-0.1, -0.05) is 78.9 Å². The van der Waals surface area contributed by atoms with E-state index < -0.39 is 8.80 Å². The minimum Gasteiger partial charge on any atom is -0.370 e. The lowest BCUT2D eigenvalue weighted by Crippen LogP contribution is -2.57. The first-order chi connectivity index (χ1) is 13.8. The van der Waals surface area contributed by atoms with E-state index in [-0.39, 0.29) is 0 Å². The van der Waals surface area contributed by atoms with Crippen molar-refractivity contribution >= 4 is 14.0 Å². The van der Waals surface area contributed by atoms with Gasteiger partial charge in [-0.15, -0.1) is 0 Å². The Labute approximate surface area is 169 Å². The van der Waals surface area contributed by atoms with Gasteiger partial charge in [0.05, 0.1) is 0 Å². The molecule has 0 aliphatic carbocycles. The third kappa shape index (κ3) is 4.26. The fraction of sp³-hybridized carbons (Fsp3) is 0.250. The van der Waals surface area contributed by atoms with Gasteiger partial charge >= 0.3 is 8.80 Å². The second-order valence-corrected chi connectivity index (χ2v) is 8.83. The van der Waals surface area contributed by atoms with Crippen LogP contribution < -0.4 is 5.19 Å². The first-order valence-electron chi connectivity index (χ1n) is 9.92. The minimum absolute atomic E-state index is 0.543. The van der Waals surface area contributed by atoms with Crippen LogP contribution in [0.5, 0.6) is 0 Å². The summed E-state index contributed by atoms with van der Waals surface area (Å²) in [5, 5.41) is 1.02. The van der Waals surface area contributed by atoms with E-state index in [0.717, 1.165) is 16.3 Å². The Morgan fingerprint density at radius 2 is 1.00 bits per heavy atom. The summed E-state index contributed by atoms with van der Waals surface area (Å²) in [5.41, 5.74) is 4.62. The van der Waals surface area contributed by atoms with Crippen molar-refractivity contribution in [1.29, 1.82) is 0 Å². The van der Waals surface area contributed by atoms with Crippen LogP contribution in [0.15, 0.2) is 78.9 Å². The summed E-state index contributed by atoms with van der Waals surface area (Å²) in [5.74, 6) is 0. The van der Waals surface area contributed by atoms with Crippen LogP contribution in [0.4, 0.5) is 0 Å². The van der Waals surface area contributed by atoms with E-state index in [4.69, 9.17) is 13.3 Å². The second kappa shape index (κ2) is 9.80. The molecule has 0 atom stereocenters. The van der Waals surface area contributed by atoms with E-state index in [0.29, 0.717) is 19.8 Å². The normalized spacial score (nSPS) is 11.5. The fourth-order valence-electron chi connectivity index (χ4n) is 3.50. The Bertz CT molecular complexity index is 863. The van der Waals surface area contributed by atoms with Gasteiger partial charge in [0.2, 0.25) is 0 Å². The van der Waals surface area contributed by atoms with Gasteiger partial charge in [0.25, 0.3) is 0 Å². The molecular weight excluding hydrogens is 364 g/mol. The van der Waals surface area contributed by atoms with Crippen molar-refractivity contribution in [2.75, 3.05) is 19.8 Å². The van der Waals surface area contributed by atoms with E-state index in [2.05, 4.69) is 66.7 Å². The van der Waals surface area contributed by atoms with E-state index in [1.165, 1.54) is 11.1 Å². The molecule has 0 amide bonds. The molecule has 0 aliphatic rings. The van der Waals surface area contributed by atoms with Gasteiger partial charge in [0, 0.05) is 25.0 Å². The summed E-state index contributed by atoms with van der Waals surface area (Å²) in [6.07, 6.45) is 0. The zero-order valence-corrected chi connectivity index (χ0v) is 17.9. The monoisotopic (exact) mass is 392 g/mol. The third-order valence-corrected chi connectivity index (χ3v) is 7.66. The molecule has 0 aliphatic heterocycles. The number of benzene rings is 3. The van der Waals surface area contributed by atoms with Crippen LogP contribution in [0, 0.1) is 0 Å². The molecule has 0 fully saturated rings. The van der Waals surface area contributed by atoms with Gasteiger partial charge in [-0.3, -0.25) is 0 Å². The summed E-state index contributed by atoms with van der Waals surface area (Å²) >= 11 is 0. The maximum Gasteiger partial charge on any atom is 0.537 e. The van der Waals surface area contributed by atoms with Crippen LogP contribution in [0.25, 0.3) is 22.3 Å². The molecule has 0 unspecified atom stereocenters. The molecule has 4 heteroatoms. The topological polar surface area (TPSA) is 27.7 Å². The molecule has 0 heterocycles. The van der Waals surface area contributed by atoms with Gasteiger partial charge in [0.1, 0.15) is 0 Å². The van der Waals surface area contributed by atoms with Gasteiger partial charge < -0.3 is 13.3 Å². The highest BCUT2D eigenvalue weighted by atomic mass is 28.4. The largest absolute Gasteiger partial charge is 0.537 e. The van der Waals surface area contributed by atoms with Crippen LogP contribution in [0.3, 0.4) is 0 Å². The lowest BCUT2D eigenvalue weighted by molar-refractivity contribution is 0.0860. The quantitative estimate of drug-likeness (QED) is 0.464. The lowest BCUT2D eigenvalue weighted by atomic mass is 9.95. The molecule has 0 radical (unpaired) electrons. The molecule has 0 saturated heterocycles. The van der Waals surface area contributed by atoms with Crippen molar-refractivity contribution in [3.05, 3.63) is 78.9 Å². The molecule has 0 saturated carbocycles. The van der Waals surface area contributed by atoms with Crippen molar-refractivity contribution < 1.29 is 13.3 Å². The first kappa shape index (κ1) is 20.5. The SMILES string of the molecule is CCO[Si](OCC)(OCC)c1ccccc1-c1ccccc1-c1ccccc1.